The quantitative estimate of drug-likeness (QED) is 0.436. The highest BCUT2D eigenvalue weighted by molar-refractivity contribution is 6.32. The first-order chi connectivity index (χ1) is 13.3. The van der Waals surface area contributed by atoms with Gasteiger partial charge in [0.2, 0.25) is 5.91 Å². The molecule has 2 rings (SSSR count). The van der Waals surface area contributed by atoms with Crippen LogP contribution in [0, 0.1) is 11.8 Å². The molecule has 0 radical (unpaired) electrons. The van der Waals surface area contributed by atoms with Crippen LogP contribution in [0.5, 0.6) is 5.75 Å². The molecule has 152 valence electrons. The van der Waals surface area contributed by atoms with Crippen LogP contribution in [0.4, 0.5) is 0 Å². The summed E-state index contributed by atoms with van der Waals surface area (Å²) in [5.41, 5.74) is 2.00. The molecule has 5 nitrogen and oxygen atoms in total. The van der Waals surface area contributed by atoms with E-state index in [0.29, 0.717) is 23.9 Å². The average molecular weight is 404 g/mol. The number of phenols is 1. The van der Waals surface area contributed by atoms with Gasteiger partial charge in [-0.1, -0.05) is 30.3 Å². The molecule has 0 saturated heterocycles. The molecule has 1 fully saturated rings. The van der Waals surface area contributed by atoms with Gasteiger partial charge in [-0.2, -0.15) is 0 Å². The maximum absolute atomic E-state index is 12.6. The lowest BCUT2D eigenvalue weighted by Crippen LogP contribution is -2.42. The number of carbonyl (C=O) groups is 1. The van der Waals surface area contributed by atoms with E-state index in [-0.39, 0.29) is 23.6 Å². The van der Waals surface area contributed by atoms with Gasteiger partial charge in [-0.25, -0.2) is 0 Å². The van der Waals surface area contributed by atoms with E-state index in [1.165, 1.54) is 0 Å². The minimum atomic E-state index is 0.0318. The fraction of sp³-hybridized carbons (Fsp3) is 0.455. The summed E-state index contributed by atoms with van der Waals surface area (Å²) in [5.74, 6) is 0.785. The fourth-order valence-electron chi connectivity index (χ4n) is 3.35. The van der Waals surface area contributed by atoms with Crippen molar-refractivity contribution in [2.45, 2.75) is 31.7 Å². The van der Waals surface area contributed by atoms with Crippen molar-refractivity contribution in [3.63, 3.8) is 0 Å². The molecule has 0 spiro atoms. The van der Waals surface area contributed by atoms with Crippen LogP contribution in [0.2, 0.25) is 5.02 Å². The summed E-state index contributed by atoms with van der Waals surface area (Å²) in [6.45, 7) is 7.90. The van der Waals surface area contributed by atoms with E-state index in [2.05, 4.69) is 28.5 Å². The minimum Gasteiger partial charge on any atom is -0.506 e. The number of aromatic hydroxyl groups is 1. The van der Waals surface area contributed by atoms with Crippen molar-refractivity contribution in [3.05, 3.63) is 53.2 Å². The summed E-state index contributed by atoms with van der Waals surface area (Å²) in [4.78, 5) is 18.5. The van der Waals surface area contributed by atoms with Crippen LogP contribution in [-0.2, 0) is 11.2 Å². The van der Waals surface area contributed by atoms with Crippen molar-refractivity contribution < 1.29 is 9.90 Å². The number of nitrogens with one attached hydrogen (secondary N) is 1. The van der Waals surface area contributed by atoms with Gasteiger partial charge in [0.15, 0.2) is 0 Å². The number of phenolic OH excluding ortho intramolecular Hbond substituents is 1. The highest BCUT2D eigenvalue weighted by Crippen LogP contribution is 2.42. The number of likely N-dealkylation sites (N-methyl/N-ethyl adjacent to an activating group) is 1. The van der Waals surface area contributed by atoms with Gasteiger partial charge in [0, 0.05) is 25.2 Å². The average Bonchev–Trinajstić information content (AvgIpc) is 3.49. The topological polar surface area (TPSA) is 64.9 Å². The molecule has 6 heteroatoms. The summed E-state index contributed by atoms with van der Waals surface area (Å²) in [6, 6.07) is 5.33. The van der Waals surface area contributed by atoms with Gasteiger partial charge < -0.3 is 15.3 Å². The Bertz CT molecular complexity index is 741. The highest BCUT2D eigenvalue weighted by Gasteiger charge is 2.34. The largest absolute Gasteiger partial charge is 0.506 e. The molecular formula is C22H30ClN3O2. The van der Waals surface area contributed by atoms with Crippen LogP contribution in [0.15, 0.2) is 47.6 Å². The predicted octanol–water partition coefficient (Wildman–Crippen LogP) is 3.82. The normalized spacial score (nSPS) is 16.5. The van der Waals surface area contributed by atoms with Crippen LogP contribution in [0.1, 0.15) is 24.8 Å². The van der Waals surface area contributed by atoms with Crippen molar-refractivity contribution in [1.82, 2.24) is 10.2 Å². The van der Waals surface area contributed by atoms with E-state index in [4.69, 9.17) is 11.6 Å². The number of amides is 1. The zero-order chi connectivity index (χ0) is 20.7. The third kappa shape index (κ3) is 6.50. The SMILES string of the molecule is C=C/C(=C\N=C)C(CC(=O)NCC(Cc1ccc(O)c(Cl)c1)N(C)C)C1CC1. The Labute approximate surface area is 172 Å². The lowest BCUT2D eigenvalue weighted by Gasteiger charge is -2.25. The molecule has 2 unspecified atom stereocenters. The van der Waals surface area contributed by atoms with Crippen molar-refractivity contribution in [3.8, 4) is 5.75 Å². The van der Waals surface area contributed by atoms with Crippen LogP contribution < -0.4 is 5.32 Å². The molecule has 28 heavy (non-hydrogen) atoms. The predicted molar refractivity (Wildman–Crippen MR) is 116 cm³/mol. The molecule has 0 bridgehead atoms. The zero-order valence-electron chi connectivity index (χ0n) is 16.7. The Morgan fingerprint density at radius 3 is 2.71 bits per heavy atom. The number of carbonyl (C=O) groups excluding carboxylic acids is 1. The summed E-state index contributed by atoms with van der Waals surface area (Å²) in [5, 5.41) is 13.0. The lowest BCUT2D eigenvalue weighted by molar-refractivity contribution is -0.122. The smallest absolute Gasteiger partial charge is 0.220 e. The van der Waals surface area contributed by atoms with E-state index in [1.54, 1.807) is 24.4 Å². The molecule has 0 aliphatic heterocycles. The first-order valence-electron chi connectivity index (χ1n) is 9.54. The Kier molecular flexibility index (Phi) is 8.27. The Balaban J connectivity index is 1.95. The standard InChI is InChI=1S/C22H30ClN3O2/c1-5-16(13-24-2)19(17-7-8-17)12-22(28)25-14-18(26(3)4)10-15-6-9-21(27)20(23)11-15/h5-6,9,11,13,17-19,27H,1-2,7-8,10,12,14H2,3-4H3,(H,25,28)/b16-13+. The maximum atomic E-state index is 12.6. The molecule has 1 aromatic rings. The van der Waals surface area contributed by atoms with Crippen molar-refractivity contribution in [2.24, 2.45) is 16.8 Å². The summed E-state index contributed by atoms with van der Waals surface area (Å²) in [7, 11) is 3.97. The number of rotatable bonds is 11. The van der Waals surface area contributed by atoms with E-state index < -0.39 is 0 Å². The Morgan fingerprint density at radius 2 is 2.18 bits per heavy atom. The summed E-state index contributed by atoms with van der Waals surface area (Å²) >= 11 is 6.01. The Morgan fingerprint density at radius 1 is 1.46 bits per heavy atom. The van der Waals surface area contributed by atoms with Crippen LogP contribution in [0.3, 0.4) is 0 Å². The number of benzene rings is 1. The lowest BCUT2D eigenvalue weighted by atomic mass is 9.90. The second kappa shape index (κ2) is 10.4. The third-order valence-electron chi connectivity index (χ3n) is 5.25. The zero-order valence-corrected chi connectivity index (χ0v) is 17.5. The van der Waals surface area contributed by atoms with Crippen molar-refractivity contribution in [2.75, 3.05) is 20.6 Å². The third-order valence-corrected chi connectivity index (χ3v) is 5.55. The second-order valence-corrected chi connectivity index (χ2v) is 7.98. The van der Waals surface area contributed by atoms with Gasteiger partial charge in [-0.15, -0.1) is 0 Å². The maximum Gasteiger partial charge on any atom is 0.220 e. The van der Waals surface area contributed by atoms with Gasteiger partial charge in [-0.05, 0) is 75.2 Å². The van der Waals surface area contributed by atoms with Crippen LogP contribution >= 0.6 is 11.6 Å². The molecule has 1 aromatic carbocycles. The van der Waals surface area contributed by atoms with E-state index in [1.807, 2.05) is 20.2 Å². The minimum absolute atomic E-state index is 0.0318. The number of nitrogens with zero attached hydrogens (tertiary/aromatic N) is 2. The van der Waals surface area contributed by atoms with E-state index in [0.717, 1.165) is 30.4 Å². The fourth-order valence-corrected chi connectivity index (χ4v) is 3.55. The molecule has 2 atom stereocenters. The monoisotopic (exact) mass is 403 g/mol. The number of aliphatic imine (C=N–C) groups is 1. The molecule has 2 N–H and O–H groups in total. The van der Waals surface area contributed by atoms with Crippen molar-refractivity contribution in [1.29, 1.82) is 0 Å². The number of halogens is 1. The second-order valence-electron chi connectivity index (χ2n) is 7.58. The van der Waals surface area contributed by atoms with Crippen molar-refractivity contribution >= 4 is 24.2 Å². The highest BCUT2D eigenvalue weighted by atomic mass is 35.5. The molecule has 1 aliphatic rings. The van der Waals surface area contributed by atoms with Crippen LogP contribution in [0.25, 0.3) is 0 Å². The molecule has 1 amide bonds. The van der Waals surface area contributed by atoms with Gasteiger partial charge in [0.1, 0.15) is 5.75 Å². The van der Waals surface area contributed by atoms with Gasteiger partial charge in [-0.3, -0.25) is 9.79 Å². The Hall–Kier alpha value is -2.11. The number of hydrogen-bond acceptors (Lipinski definition) is 4. The number of allylic oxidation sites excluding steroid dienone is 2. The van der Waals surface area contributed by atoms with Crippen LogP contribution in [-0.4, -0.2) is 49.3 Å². The first kappa shape index (κ1) is 22.2. The van der Waals surface area contributed by atoms with E-state index >= 15 is 0 Å². The molecule has 0 heterocycles. The van der Waals surface area contributed by atoms with E-state index in [9.17, 15) is 9.90 Å². The number of hydrogen-bond donors (Lipinski definition) is 2. The van der Waals surface area contributed by atoms with Gasteiger partial charge >= 0.3 is 0 Å². The summed E-state index contributed by atoms with van der Waals surface area (Å²) in [6.07, 6.45) is 6.92. The van der Waals surface area contributed by atoms with Gasteiger partial charge in [0.05, 0.1) is 5.02 Å². The molecule has 0 aromatic heterocycles. The summed E-state index contributed by atoms with van der Waals surface area (Å²) < 4.78 is 0. The molecule has 1 saturated carbocycles. The first-order valence-corrected chi connectivity index (χ1v) is 9.92. The van der Waals surface area contributed by atoms with Gasteiger partial charge in [0.25, 0.3) is 0 Å². The molecular weight excluding hydrogens is 374 g/mol. The molecule has 1 aliphatic carbocycles.